The predicted octanol–water partition coefficient (Wildman–Crippen LogP) is 7.10. The van der Waals surface area contributed by atoms with Gasteiger partial charge in [-0.25, -0.2) is 0 Å². The van der Waals surface area contributed by atoms with E-state index in [1.54, 1.807) is 37.5 Å². The number of thiocarbonyl (C=S) groups is 1. The van der Waals surface area contributed by atoms with E-state index in [1.165, 1.54) is 16.7 Å². The Morgan fingerprint density at radius 2 is 1.78 bits per heavy atom. The third-order valence-corrected chi connectivity index (χ3v) is 6.75. The van der Waals surface area contributed by atoms with Gasteiger partial charge in [0.25, 0.3) is 5.91 Å². The van der Waals surface area contributed by atoms with Crippen molar-refractivity contribution in [3.8, 4) is 11.5 Å². The van der Waals surface area contributed by atoms with Gasteiger partial charge in [0.1, 0.15) is 6.61 Å². The Morgan fingerprint density at radius 3 is 2.47 bits per heavy atom. The van der Waals surface area contributed by atoms with Crippen LogP contribution in [0.4, 0.5) is 5.69 Å². The molecule has 0 bridgehead atoms. The molecule has 0 N–H and O–H groups in total. The van der Waals surface area contributed by atoms with Gasteiger partial charge in [0.15, 0.2) is 15.8 Å². The summed E-state index contributed by atoms with van der Waals surface area (Å²) in [6.07, 6.45) is 1.80. The van der Waals surface area contributed by atoms with E-state index in [-0.39, 0.29) is 5.91 Å². The van der Waals surface area contributed by atoms with Gasteiger partial charge < -0.3 is 9.47 Å². The molecule has 0 atom stereocenters. The van der Waals surface area contributed by atoms with Crippen molar-refractivity contribution < 1.29 is 14.3 Å². The average Bonchev–Trinajstić information content (AvgIpc) is 3.07. The minimum atomic E-state index is -0.170. The monoisotopic (exact) mass is 545 g/mol. The highest BCUT2D eigenvalue weighted by atomic mass is 79.9. The molecule has 1 heterocycles. The quantitative estimate of drug-likeness (QED) is 0.244. The molecule has 4 nitrogen and oxygen atoms in total. The lowest BCUT2D eigenvalue weighted by molar-refractivity contribution is -0.113. The van der Waals surface area contributed by atoms with E-state index in [9.17, 15) is 4.79 Å². The molecule has 3 aromatic rings. The Balaban J connectivity index is 1.52. The van der Waals surface area contributed by atoms with E-state index in [1.807, 2.05) is 42.5 Å². The van der Waals surface area contributed by atoms with E-state index in [2.05, 4.69) is 15.9 Å². The zero-order chi connectivity index (χ0) is 22.7. The number of thioether (sulfide) groups is 1. The van der Waals surface area contributed by atoms with Gasteiger partial charge in [0.05, 0.1) is 17.7 Å². The fraction of sp³-hybridized carbons (Fsp3) is 0.0833. The van der Waals surface area contributed by atoms with Gasteiger partial charge in [-0.15, -0.1) is 0 Å². The van der Waals surface area contributed by atoms with Crippen molar-refractivity contribution in [2.75, 3.05) is 12.0 Å². The summed E-state index contributed by atoms with van der Waals surface area (Å²) < 4.78 is 12.9. The SMILES string of the molecule is COc1cc(/C=C2/SC(=S)N(c3ccc(Cl)cc3)C2=O)ccc1OCc1ccc(Br)cc1. The Labute approximate surface area is 209 Å². The number of amides is 1. The summed E-state index contributed by atoms with van der Waals surface area (Å²) in [4.78, 5) is 15.0. The Kier molecular flexibility index (Phi) is 7.20. The molecule has 0 aromatic heterocycles. The van der Waals surface area contributed by atoms with Crippen LogP contribution >= 0.6 is 51.5 Å². The smallest absolute Gasteiger partial charge is 0.270 e. The number of hydrogen-bond donors (Lipinski definition) is 0. The summed E-state index contributed by atoms with van der Waals surface area (Å²) >= 11 is 16.1. The second-order valence-electron chi connectivity index (χ2n) is 6.82. The van der Waals surface area contributed by atoms with Gasteiger partial charge in [-0.05, 0) is 65.7 Å². The van der Waals surface area contributed by atoms with Crippen molar-refractivity contribution in [1.82, 2.24) is 0 Å². The summed E-state index contributed by atoms with van der Waals surface area (Å²) in [6, 6.07) is 20.5. The lowest BCUT2D eigenvalue weighted by atomic mass is 10.1. The van der Waals surface area contributed by atoms with Crippen LogP contribution in [-0.4, -0.2) is 17.3 Å². The number of hydrogen-bond acceptors (Lipinski definition) is 5. The van der Waals surface area contributed by atoms with Crippen LogP contribution in [0.1, 0.15) is 11.1 Å². The van der Waals surface area contributed by atoms with Crippen LogP contribution in [0, 0.1) is 0 Å². The molecule has 0 spiro atoms. The zero-order valence-corrected chi connectivity index (χ0v) is 20.9. The fourth-order valence-corrected chi connectivity index (χ4v) is 4.76. The second-order valence-corrected chi connectivity index (χ2v) is 9.85. The van der Waals surface area contributed by atoms with Crippen LogP contribution in [0.5, 0.6) is 11.5 Å². The van der Waals surface area contributed by atoms with Gasteiger partial charge in [-0.1, -0.05) is 69.7 Å². The summed E-state index contributed by atoms with van der Waals surface area (Å²) in [5.74, 6) is 1.04. The van der Waals surface area contributed by atoms with Crippen LogP contribution in [0.15, 0.2) is 76.1 Å². The molecule has 1 amide bonds. The molecule has 162 valence electrons. The molecule has 8 heteroatoms. The number of anilines is 1. The molecule has 3 aromatic carbocycles. The van der Waals surface area contributed by atoms with Crippen LogP contribution in [0.3, 0.4) is 0 Å². The molecule has 0 unspecified atom stereocenters. The molecule has 4 rings (SSSR count). The average molecular weight is 547 g/mol. The van der Waals surface area contributed by atoms with E-state index in [0.717, 1.165) is 15.6 Å². The Morgan fingerprint density at radius 1 is 1.06 bits per heavy atom. The molecular formula is C24H17BrClNO3S2. The highest BCUT2D eigenvalue weighted by Crippen LogP contribution is 2.37. The topological polar surface area (TPSA) is 38.8 Å². The number of benzene rings is 3. The van der Waals surface area contributed by atoms with Crippen molar-refractivity contribution in [2.24, 2.45) is 0 Å². The Bertz CT molecular complexity index is 1200. The normalized spacial score (nSPS) is 14.8. The first-order valence-electron chi connectivity index (χ1n) is 9.53. The highest BCUT2D eigenvalue weighted by molar-refractivity contribution is 9.10. The van der Waals surface area contributed by atoms with E-state index in [4.69, 9.17) is 33.3 Å². The van der Waals surface area contributed by atoms with E-state index >= 15 is 0 Å². The first-order chi connectivity index (χ1) is 15.4. The number of methoxy groups -OCH3 is 1. The van der Waals surface area contributed by atoms with Crippen LogP contribution in [0.2, 0.25) is 5.02 Å². The Hall–Kier alpha value is -2.32. The maximum absolute atomic E-state index is 13.0. The molecule has 1 aliphatic heterocycles. The first-order valence-corrected chi connectivity index (χ1v) is 11.9. The number of carbonyl (C=O) groups is 1. The van der Waals surface area contributed by atoms with Crippen molar-refractivity contribution in [3.63, 3.8) is 0 Å². The third kappa shape index (κ3) is 5.18. The maximum atomic E-state index is 13.0. The molecule has 1 aliphatic rings. The number of carbonyl (C=O) groups excluding carboxylic acids is 1. The second kappa shape index (κ2) is 10.1. The molecule has 1 fully saturated rings. The number of halogens is 2. The van der Waals surface area contributed by atoms with Gasteiger partial charge in [0.2, 0.25) is 0 Å². The zero-order valence-electron chi connectivity index (χ0n) is 16.9. The minimum absolute atomic E-state index is 0.170. The van der Waals surface area contributed by atoms with Gasteiger partial charge >= 0.3 is 0 Å². The standard InChI is InChI=1S/C24H17BrClNO3S2/c1-29-21-12-16(4-11-20(21)30-14-15-2-5-17(25)6-3-15)13-22-23(28)27(24(31)32-22)19-9-7-18(26)8-10-19/h2-13H,14H2,1H3/b22-13+. The first kappa shape index (κ1) is 22.9. The highest BCUT2D eigenvalue weighted by Gasteiger charge is 2.33. The number of ether oxygens (including phenoxy) is 2. The minimum Gasteiger partial charge on any atom is -0.493 e. The molecular weight excluding hydrogens is 530 g/mol. The maximum Gasteiger partial charge on any atom is 0.270 e. The van der Waals surface area contributed by atoms with Crippen LogP contribution in [-0.2, 0) is 11.4 Å². The summed E-state index contributed by atoms with van der Waals surface area (Å²) in [5.41, 5.74) is 2.55. The lowest BCUT2D eigenvalue weighted by Gasteiger charge is -2.14. The van der Waals surface area contributed by atoms with Gasteiger partial charge in [-0.2, -0.15) is 0 Å². The number of nitrogens with zero attached hydrogens (tertiary/aromatic N) is 1. The molecule has 1 saturated heterocycles. The summed E-state index contributed by atoms with van der Waals surface area (Å²) in [6.45, 7) is 0.419. The van der Waals surface area contributed by atoms with E-state index in [0.29, 0.717) is 38.0 Å². The van der Waals surface area contributed by atoms with Crippen molar-refractivity contribution in [3.05, 3.63) is 92.3 Å². The largest absolute Gasteiger partial charge is 0.493 e. The molecule has 0 radical (unpaired) electrons. The van der Waals surface area contributed by atoms with Crippen LogP contribution < -0.4 is 14.4 Å². The number of rotatable bonds is 6. The van der Waals surface area contributed by atoms with Gasteiger partial charge in [-0.3, -0.25) is 9.69 Å². The van der Waals surface area contributed by atoms with Crippen molar-refractivity contribution in [2.45, 2.75) is 6.61 Å². The molecule has 32 heavy (non-hydrogen) atoms. The van der Waals surface area contributed by atoms with Gasteiger partial charge in [0, 0.05) is 9.50 Å². The lowest BCUT2D eigenvalue weighted by Crippen LogP contribution is -2.27. The van der Waals surface area contributed by atoms with Crippen LogP contribution in [0.25, 0.3) is 6.08 Å². The summed E-state index contributed by atoms with van der Waals surface area (Å²) in [5, 5.41) is 0.601. The van der Waals surface area contributed by atoms with Crippen molar-refractivity contribution >= 4 is 73.5 Å². The predicted molar refractivity (Wildman–Crippen MR) is 139 cm³/mol. The molecule has 0 saturated carbocycles. The molecule has 0 aliphatic carbocycles. The van der Waals surface area contributed by atoms with E-state index < -0.39 is 0 Å². The summed E-state index contributed by atoms with van der Waals surface area (Å²) in [7, 11) is 1.59. The van der Waals surface area contributed by atoms with Crippen molar-refractivity contribution in [1.29, 1.82) is 0 Å². The third-order valence-electron chi connectivity index (χ3n) is 4.67. The fourth-order valence-electron chi connectivity index (χ4n) is 3.07.